The molecule has 1 amide bonds. The van der Waals surface area contributed by atoms with Gasteiger partial charge in [-0.25, -0.2) is 10.5 Å². The second kappa shape index (κ2) is 9.49. The maximum absolute atomic E-state index is 13.1. The number of aromatic nitrogens is 2. The van der Waals surface area contributed by atoms with E-state index in [0.717, 1.165) is 49.3 Å². The van der Waals surface area contributed by atoms with Crippen LogP contribution in [-0.4, -0.2) is 41.5 Å². The van der Waals surface area contributed by atoms with E-state index in [2.05, 4.69) is 27.6 Å². The van der Waals surface area contributed by atoms with Gasteiger partial charge in [-0.2, -0.15) is 10.2 Å². The Morgan fingerprint density at radius 3 is 2.26 bits per heavy atom. The van der Waals surface area contributed by atoms with E-state index in [9.17, 15) is 9.59 Å². The van der Waals surface area contributed by atoms with E-state index in [1.165, 1.54) is 4.90 Å². The predicted molar refractivity (Wildman–Crippen MR) is 121 cm³/mol. The zero-order valence-electron chi connectivity index (χ0n) is 17.5. The number of nitrogens with zero attached hydrogens (tertiary/aromatic N) is 2. The van der Waals surface area contributed by atoms with Crippen LogP contribution in [0, 0.1) is 0 Å². The Kier molecular flexibility index (Phi) is 6.33. The van der Waals surface area contributed by atoms with Crippen molar-refractivity contribution >= 4 is 11.6 Å². The second-order valence-electron chi connectivity index (χ2n) is 7.61. The van der Waals surface area contributed by atoms with Crippen molar-refractivity contribution in [2.24, 2.45) is 5.10 Å². The number of hydrazone groups is 1. The number of carbonyl (C=O) groups excluding carboxylic acids is 1. The van der Waals surface area contributed by atoms with Crippen LogP contribution >= 0.6 is 0 Å². The van der Waals surface area contributed by atoms with E-state index in [-0.39, 0.29) is 5.56 Å². The van der Waals surface area contributed by atoms with Crippen LogP contribution < -0.4 is 15.9 Å². The third-order valence-corrected chi connectivity index (χ3v) is 5.67. The Bertz CT molecular complexity index is 1130. The summed E-state index contributed by atoms with van der Waals surface area (Å²) in [5.41, 5.74) is 5.66. The smallest absolute Gasteiger partial charge is 0.277 e. The fourth-order valence-corrected chi connectivity index (χ4v) is 3.90. The topological polar surface area (TPSA) is 91.7 Å². The molecule has 3 aromatic rings. The molecule has 0 bridgehead atoms. The van der Waals surface area contributed by atoms with Crippen molar-refractivity contribution in [3.63, 3.8) is 0 Å². The highest BCUT2D eigenvalue weighted by Gasteiger charge is 2.23. The van der Waals surface area contributed by atoms with Gasteiger partial charge in [0.05, 0.1) is 25.3 Å². The third-order valence-electron chi connectivity index (χ3n) is 5.67. The van der Waals surface area contributed by atoms with Gasteiger partial charge in [-0.15, -0.1) is 0 Å². The summed E-state index contributed by atoms with van der Waals surface area (Å²) in [7, 11) is 0. The molecular weight excluding hydrogens is 390 g/mol. The van der Waals surface area contributed by atoms with Crippen molar-refractivity contribution in [3.05, 3.63) is 76.6 Å². The first-order valence-electron chi connectivity index (χ1n) is 10.6. The molecule has 1 aliphatic heterocycles. The summed E-state index contributed by atoms with van der Waals surface area (Å²) >= 11 is 0. The van der Waals surface area contributed by atoms with Crippen LogP contribution in [0.1, 0.15) is 30.1 Å². The highest BCUT2D eigenvalue weighted by molar-refractivity contribution is 6.04. The Labute approximate surface area is 180 Å². The average molecular weight is 417 g/mol. The maximum Gasteiger partial charge on any atom is 0.277 e. The fourth-order valence-electron chi connectivity index (χ4n) is 3.90. The highest BCUT2D eigenvalue weighted by Crippen LogP contribution is 2.31. The van der Waals surface area contributed by atoms with Gasteiger partial charge in [0.2, 0.25) is 0 Å². The number of hydrogen-bond acceptors (Lipinski definition) is 4. The largest absolute Gasteiger partial charge is 0.335 e. The standard InChI is InChI=1S/C24H25N5O2/c1-2-29-15-13-19(14-16-29)25-27-23(30)21-20(17-9-5-3-6-10-17)22(26-28-24(21)31)18-11-7-4-8-12-18/h3-12H,2,13-16H2,1H3,(H,27,30)(H,28,31)/p+1. The molecule has 1 fully saturated rings. The van der Waals surface area contributed by atoms with Gasteiger partial charge in [-0.05, 0) is 12.5 Å². The monoisotopic (exact) mass is 416 g/mol. The van der Waals surface area contributed by atoms with Gasteiger partial charge < -0.3 is 4.90 Å². The molecule has 0 aliphatic carbocycles. The molecule has 1 aromatic heterocycles. The number of carbonyl (C=O) groups is 1. The summed E-state index contributed by atoms with van der Waals surface area (Å²) in [6, 6.07) is 18.9. The Hall–Kier alpha value is -3.58. The molecule has 31 heavy (non-hydrogen) atoms. The van der Waals surface area contributed by atoms with Gasteiger partial charge in [0.25, 0.3) is 11.5 Å². The lowest BCUT2D eigenvalue weighted by Crippen LogP contribution is -3.12. The lowest BCUT2D eigenvalue weighted by Gasteiger charge is -2.23. The van der Waals surface area contributed by atoms with Crippen molar-refractivity contribution in [3.8, 4) is 22.4 Å². The van der Waals surface area contributed by atoms with Crippen LogP contribution in [0.4, 0.5) is 0 Å². The molecule has 2 heterocycles. The zero-order chi connectivity index (χ0) is 21.6. The SMILES string of the molecule is CC[NH+]1CCC(=NNC(=O)c2c(-c3ccccc3)c(-c3ccccc3)n[nH]c2=O)CC1. The van der Waals surface area contributed by atoms with Crippen LogP contribution in [0.2, 0.25) is 0 Å². The first-order valence-corrected chi connectivity index (χ1v) is 10.6. The lowest BCUT2D eigenvalue weighted by atomic mass is 9.95. The molecule has 0 atom stereocenters. The molecule has 7 heteroatoms. The molecule has 0 spiro atoms. The Morgan fingerprint density at radius 2 is 1.65 bits per heavy atom. The average Bonchev–Trinajstić information content (AvgIpc) is 2.83. The van der Waals surface area contributed by atoms with E-state index in [0.29, 0.717) is 11.3 Å². The summed E-state index contributed by atoms with van der Waals surface area (Å²) in [5, 5.41) is 11.1. The van der Waals surface area contributed by atoms with E-state index >= 15 is 0 Å². The maximum atomic E-state index is 13.1. The Balaban J connectivity index is 1.73. The zero-order valence-corrected chi connectivity index (χ0v) is 17.5. The van der Waals surface area contributed by atoms with Crippen LogP contribution in [0.15, 0.2) is 70.6 Å². The number of H-pyrrole nitrogens is 1. The number of rotatable bonds is 5. The predicted octanol–water partition coefficient (Wildman–Crippen LogP) is 1.89. The lowest BCUT2D eigenvalue weighted by molar-refractivity contribution is -0.899. The number of quaternary nitrogens is 1. The summed E-state index contributed by atoms with van der Waals surface area (Å²) in [4.78, 5) is 27.4. The Morgan fingerprint density at radius 1 is 1.03 bits per heavy atom. The van der Waals surface area contributed by atoms with Crippen molar-refractivity contribution in [1.29, 1.82) is 0 Å². The minimum absolute atomic E-state index is 0.0148. The summed E-state index contributed by atoms with van der Waals surface area (Å²) < 4.78 is 0. The first kappa shape index (κ1) is 20.7. The number of amides is 1. The molecule has 0 saturated carbocycles. The molecule has 3 N–H and O–H groups in total. The number of aromatic amines is 1. The van der Waals surface area contributed by atoms with Gasteiger partial charge in [-0.1, -0.05) is 60.7 Å². The quantitative estimate of drug-likeness (QED) is 0.555. The molecular formula is C24H26N5O2+. The van der Waals surface area contributed by atoms with E-state index in [1.807, 2.05) is 60.7 Å². The molecule has 158 valence electrons. The molecule has 7 nitrogen and oxygen atoms in total. The number of hydrogen-bond donors (Lipinski definition) is 3. The normalized spacial score (nSPS) is 16.0. The van der Waals surface area contributed by atoms with Crippen molar-refractivity contribution in [2.45, 2.75) is 19.8 Å². The number of nitrogens with one attached hydrogen (secondary N) is 3. The van der Waals surface area contributed by atoms with Crippen LogP contribution in [0.25, 0.3) is 22.4 Å². The van der Waals surface area contributed by atoms with Crippen LogP contribution in [0.5, 0.6) is 0 Å². The van der Waals surface area contributed by atoms with Crippen molar-refractivity contribution in [1.82, 2.24) is 15.6 Å². The van der Waals surface area contributed by atoms with Crippen LogP contribution in [-0.2, 0) is 0 Å². The number of likely N-dealkylation sites (tertiary alicyclic amines) is 1. The van der Waals surface area contributed by atoms with Gasteiger partial charge in [0.15, 0.2) is 0 Å². The van der Waals surface area contributed by atoms with E-state index in [1.54, 1.807) is 0 Å². The van der Waals surface area contributed by atoms with E-state index < -0.39 is 11.5 Å². The van der Waals surface area contributed by atoms with E-state index in [4.69, 9.17) is 0 Å². The molecule has 0 radical (unpaired) electrons. The van der Waals surface area contributed by atoms with Gasteiger partial charge in [0.1, 0.15) is 5.56 Å². The third kappa shape index (κ3) is 4.62. The molecule has 2 aromatic carbocycles. The first-order chi connectivity index (χ1) is 15.2. The van der Waals surface area contributed by atoms with Gasteiger partial charge in [0, 0.05) is 29.7 Å². The minimum Gasteiger partial charge on any atom is -0.335 e. The minimum atomic E-state index is -0.540. The van der Waals surface area contributed by atoms with Crippen molar-refractivity contribution < 1.29 is 9.69 Å². The molecule has 0 unspecified atom stereocenters. The summed E-state index contributed by atoms with van der Waals surface area (Å²) in [6.45, 7) is 5.28. The van der Waals surface area contributed by atoms with Crippen LogP contribution in [0.3, 0.4) is 0 Å². The molecule has 1 saturated heterocycles. The van der Waals surface area contributed by atoms with Crippen molar-refractivity contribution in [2.75, 3.05) is 19.6 Å². The highest BCUT2D eigenvalue weighted by atomic mass is 16.2. The second-order valence-corrected chi connectivity index (χ2v) is 7.61. The molecule has 1 aliphatic rings. The summed E-state index contributed by atoms with van der Waals surface area (Å²) in [6.07, 6.45) is 1.69. The molecule has 4 rings (SSSR count). The number of benzene rings is 2. The summed E-state index contributed by atoms with van der Waals surface area (Å²) in [5.74, 6) is -0.530. The number of piperidine rings is 1. The van der Waals surface area contributed by atoms with Gasteiger partial charge >= 0.3 is 0 Å². The fraction of sp³-hybridized carbons (Fsp3) is 0.250. The van der Waals surface area contributed by atoms with Gasteiger partial charge in [-0.3, -0.25) is 9.59 Å².